The molecule has 108 valence electrons. The van der Waals surface area contributed by atoms with Gasteiger partial charge in [0.1, 0.15) is 0 Å². The van der Waals surface area contributed by atoms with Crippen molar-refractivity contribution < 1.29 is 19.5 Å². The van der Waals surface area contributed by atoms with Crippen LogP contribution < -0.4 is 0 Å². The molecule has 0 aliphatic rings. The van der Waals surface area contributed by atoms with Crippen LogP contribution in [0.4, 0.5) is 0 Å². The Bertz CT molecular complexity index is 679. The molecule has 1 N–H and O–H groups in total. The van der Waals surface area contributed by atoms with Gasteiger partial charge in [-0.1, -0.05) is 12.1 Å². The molecule has 0 unspecified atom stereocenters. The van der Waals surface area contributed by atoms with Crippen molar-refractivity contribution in [3.05, 3.63) is 57.9 Å². The first-order valence-corrected chi connectivity index (χ1v) is 6.41. The van der Waals surface area contributed by atoms with Gasteiger partial charge in [-0.25, -0.2) is 4.79 Å². The van der Waals surface area contributed by atoms with Gasteiger partial charge in [-0.15, -0.1) is 0 Å². The summed E-state index contributed by atoms with van der Waals surface area (Å²) in [5.41, 5.74) is 3.39. The Labute approximate surface area is 121 Å². The number of carbonyl (C=O) groups excluding carboxylic acids is 2. The Morgan fingerprint density at radius 1 is 1.05 bits per heavy atom. The summed E-state index contributed by atoms with van der Waals surface area (Å²) in [5.74, 6) is -0.971. The summed E-state index contributed by atoms with van der Waals surface area (Å²) in [7, 11) is 0. The summed E-state index contributed by atoms with van der Waals surface area (Å²) >= 11 is 0. The maximum Gasteiger partial charge on any atom is 0.335 e. The van der Waals surface area contributed by atoms with Crippen LogP contribution >= 0.6 is 0 Å². The van der Waals surface area contributed by atoms with Gasteiger partial charge in [-0.2, -0.15) is 0 Å². The van der Waals surface area contributed by atoms with Crippen LogP contribution in [0.1, 0.15) is 48.0 Å². The van der Waals surface area contributed by atoms with E-state index in [0.29, 0.717) is 30.2 Å². The Morgan fingerprint density at radius 3 is 1.90 bits per heavy atom. The third kappa shape index (κ3) is 2.63. The third-order valence-corrected chi connectivity index (χ3v) is 3.66. The molecular weight excluding hydrogens is 270 g/mol. The third-order valence-electron chi connectivity index (χ3n) is 3.66. The average Bonchev–Trinajstić information content (AvgIpc) is 2.71. The second-order valence-corrected chi connectivity index (χ2v) is 4.82. The smallest absolute Gasteiger partial charge is 0.335 e. The van der Waals surface area contributed by atoms with Crippen LogP contribution in [0.25, 0.3) is 0 Å². The molecule has 0 amide bonds. The second kappa shape index (κ2) is 5.75. The zero-order valence-corrected chi connectivity index (χ0v) is 11.8. The number of aldehydes is 2. The molecule has 0 bridgehead atoms. The van der Waals surface area contributed by atoms with Crippen molar-refractivity contribution in [2.45, 2.75) is 20.4 Å². The van der Waals surface area contributed by atoms with Crippen LogP contribution in [0, 0.1) is 13.8 Å². The number of aromatic nitrogens is 1. The highest BCUT2D eigenvalue weighted by Crippen LogP contribution is 2.21. The lowest BCUT2D eigenvalue weighted by molar-refractivity contribution is 0.0696. The fourth-order valence-corrected chi connectivity index (χ4v) is 2.40. The Morgan fingerprint density at radius 2 is 1.52 bits per heavy atom. The van der Waals surface area contributed by atoms with Crippen molar-refractivity contribution in [3.63, 3.8) is 0 Å². The molecule has 1 aromatic heterocycles. The fourth-order valence-electron chi connectivity index (χ4n) is 2.40. The first kappa shape index (κ1) is 14.7. The lowest BCUT2D eigenvalue weighted by Crippen LogP contribution is -2.05. The first-order valence-electron chi connectivity index (χ1n) is 6.41. The Hall–Kier alpha value is -2.69. The number of carbonyl (C=O) groups is 3. The van der Waals surface area contributed by atoms with E-state index >= 15 is 0 Å². The van der Waals surface area contributed by atoms with Crippen LogP contribution in [0.15, 0.2) is 24.3 Å². The zero-order chi connectivity index (χ0) is 15.6. The first-order chi connectivity index (χ1) is 9.99. The minimum absolute atomic E-state index is 0.224. The van der Waals surface area contributed by atoms with E-state index in [-0.39, 0.29) is 5.56 Å². The van der Waals surface area contributed by atoms with Crippen LogP contribution in [0.5, 0.6) is 0 Å². The topological polar surface area (TPSA) is 76.4 Å². The van der Waals surface area contributed by atoms with Crippen molar-refractivity contribution in [1.82, 2.24) is 4.57 Å². The second-order valence-electron chi connectivity index (χ2n) is 4.82. The van der Waals surface area contributed by atoms with Crippen molar-refractivity contribution >= 4 is 18.5 Å². The van der Waals surface area contributed by atoms with E-state index in [1.807, 2.05) is 4.57 Å². The number of rotatable bonds is 5. The summed E-state index contributed by atoms with van der Waals surface area (Å²) in [6.45, 7) is 4.05. The van der Waals surface area contributed by atoms with Gasteiger partial charge in [0.15, 0.2) is 12.6 Å². The molecule has 0 radical (unpaired) electrons. The van der Waals surface area contributed by atoms with E-state index in [9.17, 15) is 14.4 Å². The van der Waals surface area contributed by atoms with Gasteiger partial charge in [0.25, 0.3) is 0 Å². The summed E-state index contributed by atoms with van der Waals surface area (Å²) in [6.07, 6.45) is 1.38. The molecule has 5 nitrogen and oxygen atoms in total. The van der Waals surface area contributed by atoms with Gasteiger partial charge in [0.05, 0.1) is 5.56 Å². The highest BCUT2D eigenvalue weighted by molar-refractivity contribution is 5.93. The van der Waals surface area contributed by atoms with Crippen LogP contribution in [-0.4, -0.2) is 28.2 Å². The zero-order valence-electron chi connectivity index (χ0n) is 11.8. The molecule has 5 heteroatoms. The molecule has 0 atom stereocenters. The number of nitrogens with zero attached hydrogens (tertiary/aromatic N) is 1. The summed E-state index contributed by atoms with van der Waals surface area (Å²) in [6, 6.07) is 6.52. The number of aromatic carboxylic acids is 1. The van der Waals surface area contributed by atoms with Gasteiger partial charge in [-0.05, 0) is 31.5 Å². The van der Waals surface area contributed by atoms with Crippen LogP contribution in [0.3, 0.4) is 0 Å². The van der Waals surface area contributed by atoms with E-state index in [4.69, 9.17) is 5.11 Å². The van der Waals surface area contributed by atoms with E-state index in [2.05, 4.69) is 0 Å². The largest absolute Gasteiger partial charge is 0.478 e. The van der Waals surface area contributed by atoms with Gasteiger partial charge in [-0.3, -0.25) is 9.59 Å². The monoisotopic (exact) mass is 285 g/mol. The molecule has 1 aromatic carbocycles. The lowest BCUT2D eigenvalue weighted by atomic mass is 10.1. The van der Waals surface area contributed by atoms with Crippen molar-refractivity contribution in [2.75, 3.05) is 0 Å². The standard InChI is InChI=1S/C16H15NO4/c1-10-14(8-18)15(9-19)11(2)17(10)7-12-3-5-13(6-4-12)16(20)21/h3-6,8-9H,7H2,1-2H3,(H,20,21). The molecule has 2 aromatic rings. The SMILES string of the molecule is Cc1c(C=O)c(C=O)c(C)n1Cc1ccc(C(=O)O)cc1. The van der Waals surface area contributed by atoms with Crippen molar-refractivity contribution in [1.29, 1.82) is 0 Å². The molecule has 21 heavy (non-hydrogen) atoms. The molecule has 0 aliphatic heterocycles. The minimum atomic E-state index is -0.971. The predicted octanol–water partition coefficient (Wildman–Crippen LogP) is 2.48. The molecule has 0 aliphatic carbocycles. The number of carboxylic acids is 1. The average molecular weight is 285 g/mol. The quantitative estimate of drug-likeness (QED) is 0.856. The minimum Gasteiger partial charge on any atom is -0.478 e. The van der Waals surface area contributed by atoms with Gasteiger partial charge in [0, 0.05) is 29.1 Å². The van der Waals surface area contributed by atoms with E-state index < -0.39 is 5.97 Å². The maximum absolute atomic E-state index is 11.1. The van der Waals surface area contributed by atoms with E-state index in [1.165, 1.54) is 12.1 Å². The Kier molecular flexibility index (Phi) is 4.03. The summed E-state index contributed by atoms with van der Waals surface area (Å²) in [5, 5.41) is 8.87. The predicted molar refractivity (Wildman–Crippen MR) is 77.2 cm³/mol. The molecule has 0 saturated carbocycles. The normalized spacial score (nSPS) is 10.4. The number of hydrogen-bond donors (Lipinski definition) is 1. The lowest BCUT2D eigenvalue weighted by Gasteiger charge is -2.10. The molecule has 2 rings (SSSR count). The van der Waals surface area contributed by atoms with E-state index in [0.717, 1.165) is 17.0 Å². The van der Waals surface area contributed by atoms with Crippen LogP contribution in [0.2, 0.25) is 0 Å². The maximum atomic E-state index is 11.1. The number of carboxylic acid groups (broad SMARTS) is 1. The number of hydrogen-bond acceptors (Lipinski definition) is 3. The Balaban J connectivity index is 2.40. The van der Waals surface area contributed by atoms with Crippen molar-refractivity contribution in [3.8, 4) is 0 Å². The number of benzene rings is 1. The highest BCUT2D eigenvalue weighted by Gasteiger charge is 2.16. The molecule has 0 saturated heterocycles. The fraction of sp³-hybridized carbons (Fsp3) is 0.188. The molecule has 0 spiro atoms. The summed E-state index contributed by atoms with van der Waals surface area (Å²) in [4.78, 5) is 33.0. The molecular formula is C16H15NO4. The van der Waals surface area contributed by atoms with Gasteiger partial charge >= 0.3 is 5.97 Å². The van der Waals surface area contributed by atoms with Gasteiger partial charge < -0.3 is 9.67 Å². The van der Waals surface area contributed by atoms with Crippen LogP contribution in [-0.2, 0) is 6.54 Å². The van der Waals surface area contributed by atoms with Crippen molar-refractivity contribution in [2.24, 2.45) is 0 Å². The molecule has 0 fully saturated rings. The molecule has 1 heterocycles. The van der Waals surface area contributed by atoms with Gasteiger partial charge in [0.2, 0.25) is 0 Å². The highest BCUT2D eigenvalue weighted by atomic mass is 16.4. The van der Waals surface area contributed by atoms with E-state index in [1.54, 1.807) is 26.0 Å². The summed E-state index contributed by atoms with van der Waals surface area (Å²) < 4.78 is 1.88.